The average molecular weight is 412 g/mol. The molecule has 1 aliphatic rings. The Labute approximate surface area is 181 Å². The molecule has 0 radical (unpaired) electrons. The maximum absolute atomic E-state index is 5.79. The molecule has 0 aliphatic carbocycles. The zero-order valence-corrected chi connectivity index (χ0v) is 17.1. The van der Waals surface area contributed by atoms with Gasteiger partial charge in [0.05, 0.1) is 17.8 Å². The quantitative estimate of drug-likeness (QED) is 0.492. The van der Waals surface area contributed by atoms with Crippen LogP contribution in [0.4, 0.5) is 0 Å². The van der Waals surface area contributed by atoms with Crippen molar-refractivity contribution < 1.29 is 0 Å². The second-order valence-electron chi connectivity index (χ2n) is 7.25. The van der Waals surface area contributed by atoms with Gasteiger partial charge in [0, 0.05) is 42.7 Å². The topological polar surface area (TPSA) is 46.0 Å². The molecule has 1 aliphatic heterocycles. The van der Waals surface area contributed by atoms with Crippen molar-refractivity contribution in [3.05, 3.63) is 115 Å². The fourth-order valence-corrected chi connectivity index (χ4v) is 4.35. The van der Waals surface area contributed by atoms with Crippen LogP contribution in [0.5, 0.6) is 0 Å². The predicted octanol–water partition coefficient (Wildman–Crippen LogP) is 4.44. The van der Waals surface area contributed by atoms with Gasteiger partial charge in [-0.3, -0.25) is 9.97 Å². The molecular formula is C24H21N5S. The van der Waals surface area contributed by atoms with Gasteiger partial charge in [0.1, 0.15) is 0 Å². The highest BCUT2D eigenvalue weighted by atomic mass is 32.1. The van der Waals surface area contributed by atoms with Gasteiger partial charge in [-0.05, 0) is 60.2 Å². The maximum Gasteiger partial charge on any atom is 0.170 e. The van der Waals surface area contributed by atoms with Gasteiger partial charge in [-0.2, -0.15) is 0 Å². The van der Waals surface area contributed by atoms with Gasteiger partial charge in [0.15, 0.2) is 5.11 Å². The van der Waals surface area contributed by atoms with E-state index in [9.17, 15) is 0 Å². The van der Waals surface area contributed by atoms with Crippen LogP contribution in [-0.4, -0.2) is 24.5 Å². The zero-order chi connectivity index (χ0) is 20.3. The maximum atomic E-state index is 5.79. The van der Waals surface area contributed by atoms with Crippen molar-refractivity contribution in [1.82, 2.24) is 24.8 Å². The Balaban J connectivity index is 1.60. The van der Waals surface area contributed by atoms with E-state index in [1.807, 2.05) is 36.7 Å². The summed E-state index contributed by atoms with van der Waals surface area (Å²) in [5.41, 5.74) is 4.37. The average Bonchev–Trinajstić information content (AvgIpc) is 3.40. The Morgan fingerprint density at radius 2 is 1.77 bits per heavy atom. The van der Waals surface area contributed by atoms with Gasteiger partial charge in [0.2, 0.25) is 0 Å². The van der Waals surface area contributed by atoms with Crippen molar-refractivity contribution in [3.63, 3.8) is 0 Å². The molecule has 1 fully saturated rings. The summed E-state index contributed by atoms with van der Waals surface area (Å²) >= 11 is 5.79. The van der Waals surface area contributed by atoms with E-state index in [0.29, 0.717) is 6.54 Å². The summed E-state index contributed by atoms with van der Waals surface area (Å²) in [7, 11) is 0. The summed E-state index contributed by atoms with van der Waals surface area (Å²) in [5.74, 6) is 0. The van der Waals surface area contributed by atoms with Gasteiger partial charge < -0.3 is 14.8 Å². The van der Waals surface area contributed by atoms with Crippen LogP contribution >= 0.6 is 12.2 Å². The summed E-state index contributed by atoms with van der Waals surface area (Å²) in [6.45, 7) is 0.674. The number of nitrogens with one attached hydrogen (secondary N) is 1. The van der Waals surface area contributed by atoms with Crippen LogP contribution in [0, 0.1) is 0 Å². The molecule has 0 spiro atoms. The van der Waals surface area contributed by atoms with Crippen molar-refractivity contribution in [3.8, 4) is 5.69 Å². The second-order valence-corrected chi connectivity index (χ2v) is 7.64. The highest BCUT2D eigenvalue weighted by Crippen LogP contribution is 2.40. The first kappa shape index (κ1) is 18.5. The molecule has 3 aromatic heterocycles. The lowest BCUT2D eigenvalue weighted by Crippen LogP contribution is -2.30. The minimum Gasteiger partial charge on any atom is -0.352 e. The lowest BCUT2D eigenvalue weighted by molar-refractivity contribution is 0.302. The first-order valence-corrected chi connectivity index (χ1v) is 10.3. The van der Waals surface area contributed by atoms with Crippen molar-refractivity contribution in [2.45, 2.75) is 18.6 Å². The van der Waals surface area contributed by atoms with E-state index in [-0.39, 0.29) is 12.1 Å². The number of hydrogen-bond donors (Lipinski definition) is 1. The molecule has 4 heterocycles. The third-order valence-corrected chi connectivity index (χ3v) is 5.74. The summed E-state index contributed by atoms with van der Waals surface area (Å²) in [5, 5.41) is 4.24. The molecule has 1 aromatic carbocycles. The van der Waals surface area contributed by atoms with Crippen LogP contribution in [-0.2, 0) is 6.54 Å². The third-order valence-electron chi connectivity index (χ3n) is 5.39. The largest absolute Gasteiger partial charge is 0.352 e. The van der Waals surface area contributed by atoms with Crippen LogP contribution in [0.1, 0.15) is 29.0 Å². The van der Waals surface area contributed by atoms with Crippen molar-refractivity contribution in [2.24, 2.45) is 0 Å². The predicted molar refractivity (Wildman–Crippen MR) is 121 cm³/mol. The Morgan fingerprint density at radius 1 is 0.900 bits per heavy atom. The number of thiocarbonyl (C=S) groups is 1. The molecule has 1 saturated heterocycles. The molecule has 0 saturated carbocycles. The van der Waals surface area contributed by atoms with Crippen molar-refractivity contribution in [1.29, 1.82) is 0 Å². The van der Waals surface area contributed by atoms with Crippen molar-refractivity contribution in [2.75, 3.05) is 0 Å². The van der Waals surface area contributed by atoms with E-state index in [4.69, 9.17) is 12.2 Å². The van der Waals surface area contributed by atoms with Crippen LogP contribution in [0.25, 0.3) is 5.69 Å². The number of pyridine rings is 2. The Morgan fingerprint density at radius 3 is 2.53 bits per heavy atom. The number of nitrogens with zero attached hydrogens (tertiary/aromatic N) is 4. The Bertz CT molecular complexity index is 1130. The van der Waals surface area contributed by atoms with Crippen LogP contribution < -0.4 is 5.32 Å². The summed E-state index contributed by atoms with van der Waals surface area (Å²) in [6.07, 6.45) is 7.61. The third kappa shape index (κ3) is 3.46. The van der Waals surface area contributed by atoms with Crippen LogP contribution in [0.3, 0.4) is 0 Å². The lowest BCUT2D eigenvalue weighted by atomic mass is 10.0. The Kier molecular flexibility index (Phi) is 4.99. The fraction of sp³-hybridized carbons (Fsp3) is 0.125. The number of para-hydroxylation sites is 1. The minimum absolute atomic E-state index is 0.0113. The first-order valence-electron chi connectivity index (χ1n) is 9.91. The number of benzene rings is 1. The highest BCUT2D eigenvalue weighted by molar-refractivity contribution is 7.80. The van der Waals surface area contributed by atoms with E-state index in [0.717, 1.165) is 27.8 Å². The van der Waals surface area contributed by atoms with E-state index in [1.54, 1.807) is 6.20 Å². The molecule has 4 aromatic rings. The van der Waals surface area contributed by atoms with Gasteiger partial charge >= 0.3 is 0 Å². The molecular weight excluding hydrogens is 390 g/mol. The van der Waals surface area contributed by atoms with Crippen LogP contribution in [0.2, 0.25) is 0 Å². The number of rotatable bonds is 5. The molecule has 30 heavy (non-hydrogen) atoms. The molecule has 2 atom stereocenters. The fourth-order valence-electron chi connectivity index (χ4n) is 4.04. The molecule has 5 rings (SSSR count). The molecule has 5 nitrogen and oxygen atoms in total. The van der Waals surface area contributed by atoms with Gasteiger partial charge in [0.25, 0.3) is 0 Å². The molecule has 0 amide bonds. The van der Waals surface area contributed by atoms with Gasteiger partial charge in [-0.1, -0.05) is 30.3 Å². The van der Waals surface area contributed by atoms with Gasteiger partial charge in [-0.15, -0.1) is 0 Å². The summed E-state index contributed by atoms with van der Waals surface area (Å²) in [6, 6.07) is 24.6. The standard InChI is InChI=1S/C24H21N5S/c30-24-27-22(20-11-4-5-14-26-20)23(29(24)17-18-8-6-13-25-16-18)21-12-7-15-28(21)19-9-2-1-3-10-19/h1-16,22-23H,17H2,(H,27,30)/t22-,23-/m1/s1. The lowest BCUT2D eigenvalue weighted by Gasteiger charge is -2.29. The molecule has 6 heteroatoms. The monoisotopic (exact) mass is 411 g/mol. The smallest absolute Gasteiger partial charge is 0.170 e. The van der Waals surface area contributed by atoms with Crippen molar-refractivity contribution >= 4 is 17.3 Å². The van der Waals surface area contributed by atoms with E-state index in [2.05, 4.69) is 79.5 Å². The van der Waals surface area contributed by atoms with E-state index < -0.39 is 0 Å². The molecule has 0 bridgehead atoms. The summed E-state index contributed by atoms with van der Waals surface area (Å²) in [4.78, 5) is 11.1. The molecule has 148 valence electrons. The zero-order valence-electron chi connectivity index (χ0n) is 16.3. The normalized spacial score (nSPS) is 18.4. The molecule has 1 N–H and O–H groups in total. The van der Waals surface area contributed by atoms with Gasteiger partial charge in [-0.25, -0.2) is 0 Å². The second kappa shape index (κ2) is 8.08. The van der Waals surface area contributed by atoms with E-state index in [1.165, 1.54) is 0 Å². The summed E-state index contributed by atoms with van der Waals surface area (Å²) < 4.78 is 2.23. The Hall–Kier alpha value is -3.51. The minimum atomic E-state index is -0.0484. The van der Waals surface area contributed by atoms with E-state index >= 15 is 0 Å². The van der Waals surface area contributed by atoms with Crippen LogP contribution in [0.15, 0.2) is 97.6 Å². The highest BCUT2D eigenvalue weighted by Gasteiger charge is 2.41. The number of aromatic nitrogens is 3. The first-order chi connectivity index (χ1) is 14.8. The molecule has 0 unspecified atom stereocenters. The number of hydrogen-bond acceptors (Lipinski definition) is 3. The SMILES string of the molecule is S=C1N[C@H](c2ccccn2)[C@@H](c2cccn2-c2ccccc2)N1Cc1cccnc1.